The van der Waals surface area contributed by atoms with Gasteiger partial charge in [0.05, 0.1) is 11.6 Å². The Morgan fingerprint density at radius 1 is 0.827 bits per heavy atom. The van der Waals surface area contributed by atoms with Crippen LogP contribution in [0.15, 0.2) is 121 Å². The van der Waals surface area contributed by atoms with Crippen LogP contribution >= 0.6 is 0 Å². The summed E-state index contributed by atoms with van der Waals surface area (Å²) in [6, 6.07) is 34.0. The maximum absolute atomic E-state index is 5.14. The van der Waals surface area contributed by atoms with Gasteiger partial charge in [0.1, 0.15) is 11.3 Å². The van der Waals surface area contributed by atoms with E-state index >= 15 is 0 Å². The average molecular weight is 679 g/mol. The van der Waals surface area contributed by atoms with Crippen LogP contribution in [0.3, 0.4) is 0 Å². The number of aromatic amines is 1. The number of aromatic nitrogens is 8. The molecule has 0 bridgehead atoms. The molecule has 8 aromatic rings. The minimum atomic E-state index is 0.125. The van der Waals surface area contributed by atoms with E-state index < -0.39 is 0 Å². The van der Waals surface area contributed by atoms with Gasteiger partial charge in [-0.25, -0.2) is 9.97 Å². The molecule has 1 N–H and O–H groups in total. The summed E-state index contributed by atoms with van der Waals surface area (Å²) in [6.07, 6.45) is 10.5. The lowest BCUT2D eigenvalue weighted by molar-refractivity contribution is 0.553. The monoisotopic (exact) mass is 678 g/mol. The third-order valence-corrected chi connectivity index (χ3v) is 10.4. The first kappa shape index (κ1) is 31.7. The van der Waals surface area contributed by atoms with Crippen LogP contribution < -0.4 is 0 Å². The van der Waals surface area contributed by atoms with Crippen LogP contribution in [0.25, 0.3) is 60.9 Å². The van der Waals surface area contributed by atoms with Gasteiger partial charge >= 0.3 is 0 Å². The van der Waals surface area contributed by atoms with Gasteiger partial charge in [-0.05, 0) is 107 Å². The number of H-pyrrole nitrogens is 1. The molecule has 1 atom stereocenters. The van der Waals surface area contributed by atoms with Gasteiger partial charge < -0.3 is 4.57 Å². The summed E-state index contributed by atoms with van der Waals surface area (Å²) in [5.41, 5.74) is 14.1. The van der Waals surface area contributed by atoms with Gasteiger partial charge in [0.25, 0.3) is 0 Å². The van der Waals surface area contributed by atoms with Crippen molar-refractivity contribution in [3.05, 3.63) is 149 Å². The van der Waals surface area contributed by atoms with Crippen LogP contribution in [0.4, 0.5) is 0 Å². The Labute approximate surface area is 302 Å². The van der Waals surface area contributed by atoms with Gasteiger partial charge in [-0.15, -0.1) is 10.2 Å². The second-order valence-corrected chi connectivity index (χ2v) is 13.6. The molecule has 52 heavy (non-hydrogen) atoms. The van der Waals surface area contributed by atoms with Gasteiger partial charge in [-0.3, -0.25) is 4.98 Å². The summed E-state index contributed by atoms with van der Waals surface area (Å²) in [5, 5.41) is 18.6. The van der Waals surface area contributed by atoms with E-state index in [2.05, 4.69) is 124 Å². The highest BCUT2D eigenvalue weighted by Crippen LogP contribution is 2.48. The minimum Gasteiger partial charge on any atom is -0.305 e. The third kappa shape index (κ3) is 5.48. The molecule has 8 heteroatoms. The first-order valence-electron chi connectivity index (χ1n) is 18.0. The number of tetrazole rings is 1. The molecule has 0 aliphatic heterocycles. The zero-order chi connectivity index (χ0) is 35.2. The standard InChI is InChI=1S/C35H31N7.C9H7N/c1-4-31-37-33-20(2)17-21(3)36-35(33)42(31)30-19-22-9-5-6-10-25(22)28-16-14-24-18-23(13-15-27(24)32(28)30)26-11-7-8-12-29(26)34-38-40-41-39-34;1-2-6-9-8(4-1)5-3-7-10-9/h6-8,10-18,30H,4-5,9,19H2,1-3H3,(H,38,39,40,41);1-7H. The fourth-order valence-corrected chi connectivity index (χ4v) is 8.09. The van der Waals surface area contributed by atoms with Gasteiger partial charge in [0.15, 0.2) is 5.65 Å². The van der Waals surface area contributed by atoms with Crippen LogP contribution in [-0.2, 0) is 6.42 Å². The summed E-state index contributed by atoms with van der Waals surface area (Å²) in [6.45, 7) is 6.44. The molecule has 4 aromatic heterocycles. The lowest BCUT2D eigenvalue weighted by Crippen LogP contribution is -2.21. The van der Waals surface area contributed by atoms with Crippen molar-refractivity contribution >= 4 is 38.4 Å². The Bertz CT molecular complexity index is 2620. The number of nitrogens with zero attached hydrogens (tertiary/aromatic N) is 7. The van der Waals surface area contributed by atoms with Crippen molar-refractivity contribution < 1.29 is 0 Å². The summed E-state index contributed by atoms with van der Waals surface area (Å²) >= 11 is 0. The molecule has 0 amide bonds. The highest BCUT2D eigenvalue weighted by atomic mass is 15.5. The smallest absolute Gasteiger partial charge is 0.205 e. The molecular formula is C44H38N8. The number of nitrogens with one attached hydrogen (secondary N) is 1. The molecule has 254 valence electrons. The maximum atomic E-state index is 5.14. The fraction of sp³-hybridized carbons (Fsp3) is 0.182. The first-order chi connectivity index (χ1) is 25.6. The molecule has 8 nitrogen and oxygen atoms in total. The molecular weight excluding hydrogens is 641 g/mol. The molecule has 0 saturated heterocycles. The number of para-hydroxylation sites is 1. The SMILES string of the molecule is CCc1nc2c(C)cc(C)nc2n1C1CC2=C(C=CCC2)c2ccc3cc(-c4ccccc4-c4nn[nH]n4)ccc3c21.c1ccc2ncccc2c1. The van der Waals surface area contributed by atoms with Crippen molar-refractivity contribution in [2.75, 3.05) is 0 Å². The summed E-state index contributed by atoms with van der Waals surface area (Å²) in [7, 11) is 0. The van der Waals surface area contributed by atoms with E-state index in [4.69, 9.17) is 9.97 Å². The number of aryl methyl sites for hydroxylation is 3. The number of hydrogen-bond donors (Lipinski definition) is 1. The number of rotatable bonds is 4. The molecule has 0 radical (unpaired) electrons. The fourth-order valence-electron chi connectivity index (χ4n) is 8.09. The van der Waals surface area contributed by atoms with Gasteiger partial charge in [0.2, 0.25) is 5.82 Å². The van der Waals surface area contributed by atoms with Crippen molar-refractivity contribution in [1.82, 2.24) is 40.1 Å². The molecule has 4 heterocycles. The number of fused-ring (bicyclic) bond motifs is 6. The number of pyridine rings is 2. The molecule has 2 aliphatic carbocycles. The summed E-state index contributed by atoms with van der Waals surface area (Å²) in [4.78, 5) is 14.4. The second-order valence-electron chi connectivity index (χ2n) is 13.6. The number of allylic oxidation sites excluding steroid dienone is 4. The van der Waals surface area contributed by atoms with Crippen LogP contribution in [0, 0.1) is 13.8 Å². The quantitative estimate of drug-likeness (QED) is 0.199. The second kappa shape index (κ2) is 13.1. The lowest BCUT2D eigenvalue weighted by Gasteiger charge is -2.33. The topological polar surface area (TPSA) is 98.1 Å². The summed E-state index contributed by atoms with van der Waals surface area (Å²) < 4.78 is 2.45. The van der Waals surface area contributed by atoms with Gasteiger partial charge in [0, 0.05) is 29.3 Å². The zero-order valence-electron chi connectivity index (χ0n) is 29.5. The Morgan fingerprint density at radius 2 is 1.67 bits per heavy atom. The van der Waals surface area contributed by atoms with Crippen molar-refractivity contribution in [2.24, 2.45) is 0 Å². The van der Waals surface area contributed by atoms with E-state index in [9.17, 15) is 0 Å². The van der Waals surface area contributed by atoms with E-state index in [0.717, 1.165) is 70.6 Å². The zero-order valence-corrected chi connectivity index (χ0v) is 29.5. The molecule has 10 rings (SSSR count). The van der Waals surface area contributed by atoms with Gasteiger partial charge in [-0.2, -0.15) is 5.21 Å². The normalized spacial score (nSPS) is 15.1. The van der Waals surface area contributed by atoms with E-state index in [1.54, 1.807) is 0 Å². The predicted molar refractivity (Wildman–Crippen MR) is 209 cm³/mol. The van der Waals surface area contributed by atoms with E-state index in [1.807, 2.05) is 42.6 Å². The van der Waals surface area contributed by atoms with Crippen LogP contribution in [0.2, 0.25) is 0 Å². The van der Waals surface area contributed by atoms with Crippen molar-refractivity contribution in [3.8, 4) is 22.5 Å². The number of benzene rings is 4. The van der Waals surface area contributed by atoms with E-state index in [-0.39, 0.29) is 6.04 Å². The van der Waals surface area contributed by atoms with Crippen molar-refractivity contribution in [3.63, 3.8) is 0 Å². The molecule has 0 fully saturated rings. The van der Waals surface area contributed by atoms with E-state index in [1.165, 1.54) is 44.0 Å². The maximum Gasteiger partial charge on any atom is 0.205 e. The third-order valence-electron chi connectivity index (χ3n) is 10.4. The highest BCUT2D eigenvalue weighted by molar-refractivity contribution is 5.97. The number of imidazole rings is 1. The van der Waals surface area contributed by atoms with Crippen molar-refractivity contribution in [2.45, 2.75) is 52.5 Å². The van der Waals surface area contributed by atoms with Crippen molar-refractivity contribution in [1.29, 1.82) is 0 Å². The largest absolute Gasteiger partial charge is 0.305 e. The average Bonchev–Trinajstić information content (AvgIpc) is 3.86. The first-order valence-corrected chi connectivity index (χ1v) is 18.0. The van der Waals surface area contributed by atoms with E-state index in [0.29, 0.717) is 5.82 Å². The Kier molecular flexibility index (Phi) is 7.99. The molecule has 2 aliphatic rings. The van der Waals surface area contributed by atoms with Crippen LogP contribution in [0.5, 0.6) is 0 Å². The van der Waals surface area contributed by atoms with Crippen LogP contribution in [0.1, 0.15) is 60.4 Å². The summed E-state index contributed by atoms with van der Waals surface area (Å²) in [5.74, 6) is 1.69. The minimum absolute atomic E-state index is 0.125. The Hall–Kier alpha value is -6.28. The number of hydrogen-bond acceptors (Lipinski definition) is 6. The highest BCUT2D eigenvalue weighted by Gasteiger charge is 2.32. The molecule has 1 unspecified atom stereocenters. The van der Waals surface area contributed by atoms with Gasteiger partial charge in [-0.1, -0.05) is 97.4 Å². The predicted octanol–water partition coefficient (Wildman–Crippen LogP) is 9.94. The molecule has 0 saturated carbocycles. The Morgan fingerprint density at radius 3 is 2.52 bits per heavy atom. The lowest BCUT2D eigenvalue weighted by atomic mass is 9.76. The molecule has 0 spiro atoms. The Balaban J connectivity index is 0.000000310. The van der Waals surface area contributed by atoms with Crippen LogP contribution in [-0.4, -0.2) is 40.1 Å². The molecule has 4 aromatic carbocycles.